The number of hydrogen-bond acceptors (Lipinski definition) is 5. The number of aromatic nitrogens is 1. The first-order chi connectivity index (χ1) is 11.4. The van der Waals surface area contributed by atoms with Crippen molar-refractivity contribution in [1.82, 2.24) is 4.98 Å². The van der Waals surface area contributed by atoms with Crippen LogP contribution in [-0.2, 0) is 0 Å². The summed E-state index contributed by atoms with van der Waals surface area (Å²) < 4.78 is 0.990. The Kier molecular flexibility index (Phi) is 4.46. The van der Waals surface area contributed by atoms with Crippen LogP contribution in [0.5, 0.6) is 5.75 Å². The molecule has 0 radical (unpaired) electrons. The van der Waals surface area contributed by atoms with Crippen LogP contribution in [0.15, 0.2) is 36.4 Å². The number of rotatable bonds is 3. The summed E-state index contributed by atoms with van der Waals surface area (Å²) in [5, 5.41) is 15.4. The van der Waals surface area contributed by atoms with Crippen LogP contribution in [0.3, 0.4) is 0 Å². The number of nitrogens with zero attached hydrogens (tertiary/aromatic N) is 2. The molecule has 0 bridgehead atoms. The van der Waals surface area contributed by atoms with Crippen molar-refractivity contribution in [2.75, 3.05) is 29.6 Å². The number of phenolic OH excluding ortho intramolecular Hbond substituents is 1. The molecule has 2 aromatic carbocycles. The molecular formula is C16H15ClN4O2S. The Balaban J connectivity index is 1.74. The van der Waals surface area contributed by atoms with E-state index in [1.807, 2.05) is 37.2 Å². The van der Waals surface area contributed by atoms with Crippen LogP contribution in [0.25, 0.3) is 10.2 Å². The molecule has 124 valence electrons. The first-order valence-electron chi connectivity index (χ1n) is 7.07. The van der Waals surface area contributed by atoms with Crippen molar-refractivity contribution in [3.05, 3.63) is 41.4 Å². The minimum Gasteiger partial charge on any atom is -0.506 e. The first-order valence-corrected chi connectivity index (χ1v) is 8.26. The molecule has 6 nitrogen and oxygen atoms in total. The maximum Gasteiger partial charge on any atom is 0.325 e. The zero-order valence-electron chi connectivity index (χ0n) is 13.0. The number of urea groups is 1. The third-order valence-electron chi connectivity index (χ3n) is 3.31. The lowest BCUT2D eigenvalue weighted by molar-refractivity contribution is 0.262. The molecule has 1 heterocycles. The van der Waals surface area contributed by atoms with Gasteiger partial charge >= 0.3 is 6.03 Å². The molecule has 0 aliphatic heterocycles. The first kappa shape index (κ1) is 16.4. The van der Waals surface area contributed by atoms with Crippen molar-refractivity contribution in [2.45, 2.75) is 0 Å². The van der Waals surface area contributed by atoms with E-state index in [0.29, 0.717) is 10.8 Å². The van der Waals surface area contributed by atoms with E-state index in [2.05, 4.69) is 15.6 Å². The molecule has 24 heavy (non-hydrogen) atoms. The van der Waals surface area contributed by atoms with Gasteiger partial charge < -0.3 is 15.3 Å². The highest BCUT2D eigenvalue weighted by atomic mass is 35.5. The summed E-state index contributed by atoms with van der Waals surface area (Å²) in [6.07, 6.45) is 0. The van der Waals surface area contributed by atoms with Gasteiger partial charge in [0.05, 0.1) is 15.2 Å². The maximum atomic E-state index is 12.1. The molecular weight excluding hydrogens is 348 g/mol. The van der Waals surface area contributed by atoms with E-state index in [1.165, 1.54) is 23.5 Å². The second-order valence-electron chi connectivity index (χ2n) is 5.31. The molecule has 0 atom stereocenters. The normalized spacial score (nSPS) is 10.6. The second kappa shape index (κ2) is 6.54. The average molecular weight is 363 g/mol. The van der Waals surface area contributed by atoms with E-state index in [9.17, 15) is 9.90 Å². The number of hydrogen-bond donors (Lipinski definition) is 3. The Hall–Kier alpha value is -2.51. The number of nitrogens with one attached hydrogen (secondary N) is 2. The zero-order valence-corrected chi connectivity index (χ0v) is 14.6. The summed E-state index contributed by atoms with van der Waals surface area (Å²) >= 11 is 7.21. The van der Waals surface area contributed by atoms with Crippen LogP contribution >= 0.6 is 22.9 Å². The summed E-state index contributed by atoms with van der Waals surface area (Å²) in [5.41, 5.74) is 2.38. The zero-order chi connectivity index (χ0) is 17.3. The van der Waals surface area contributed by atoms with Gasteiger partial charge in [-0.3, -0.25) is 5.32 Å². The Labute approximate surface area is 147 Å². The fraction of sp³-hybridized carbons (Fsp3) is 0.125. The van der Waals surface area contributed by atoms with Gasteiger partial charge in [0.15, 0.2) is 5.13 Å². The largest absolute Gasteiger partial charge is 0.506 e. The maximum absolute atomic E-state index is 12.1. The van der Waals surface area contributed by atoms with Gasteiger partial charge in [-0.15, -0.1) is 0 Å². The van der Waals surface area contributed by atoms with E-state index < -0.39 is 6.03 Å². The summed E-state index contributed by atoms with van der Waals surface area (Å²) in [6, 6.07) is 9.94. The highest BCUT2D eigenvalue weighted by Crippen LogP contribution is 2.30. The van der Waals surface area contributed by atoms with Crippen LogP contribution < -0.4 is 15.5 Å². The van der Waals surface area contributed by atoms with Crippen molar-refractivity contribution in [3.63, 3.8) is 0 Å². The van der Waals surface area contributed by atoms with Gasteiger partial charge in [0.25, 0.3) is 0 Å². The SMILES string of the molecule is CN(C)c1ccc2nc(NC(=O)Nc3ccc(O)c(Cl)c3)sc2c1. The van der Waals surface area contributed by atoms with Gasteiger partial charge in [-0.2, -0.15) is 0 Å². The quantitative estimate of drug-likeness (QED) is 0.605. The van der Waals surface area contributed by atoms with Gasteiger partial charge in [0.2, 0.25) is 0 Å². The molecule has 0 aliphatic carbocycles. The number of amides is 2. The van der Waals surface area contributed by atoms with E-state index in [1.54, 1.807) is 6.07 Å². The average Bonchev–Trinajstić information content (AvgIpc) is 2.91. The van der Waals surface area contributed by atoms with E-state index in [4.69, 9.17) is 11.6 Å². The van der Waals surface area contributed by atoms with E-state index in [0.717, 1.165) is 15.9 Å². The molecule has 3 rings (SSSR count). The molecule has 3 N–H and O–H groups in total. The van der Waals surface area contributed by atoms with Crippen molar-refractivity contribution >= 4 is 55.7 Å². The Morgan fingerprint density at radius 2 is 2.00 bits per heavy atom. The molecule has 0 spiro atoms. The van der Waals surface area contributed by atoms with Crippen LogP contribution in [-0.4, -0.2) is 30.2 Å². The van der Waals surface area contributed by atoms with Crippen molar-refractivity contribution in [1.29, 1.82) is 0 Å². The Morgan fingerprint density at radius 1 is 1.21 bits per heavy atom. The molecule has 1 aromatic heterocycles. The topological polar surface area (TPSA) is 77.5 Å². The summed E-state index contributed by atoms with van der Waals surface area (Å²) in [7, 11) is 3.94. The van der Waals surface area contributed by atoms with Gasteiger partial charge in [-0.1, -0.05) is 22.9 Å². The van der Waals surface area contributed by atoms with Gasteiger partial charge in [-0.05, 0) is 36.4 Å². The molecule has 3 aromatic rings. The smallest absolute Gasteiger partial charge is 0.325 e. The number of benzene rings is 2. The lowest BCUT2D eigenvalue weighted by Crippen LogP contribution is -2.19. The number of carbonyl (C=O) groups excluding carboxylic acids is 1. The highest BCUT2D eigenvalue weighted by Gasteiger charge is 2.10. The van der Waals surface area contributed by atoms with Crippen LogP contribution in [0.1, 0.15) is 0 Å². The van der Waals surface area contributed by atoms with Crippen molar-refractivity contribution in [2.24, 2.45) is 0 Å². The fourth-order valence-corrected chi connectivity index (χ4v) is 3.16. The highest BCUT2D eigenvalue weighted by molar-refractivity contribution is 7.22. The predicted octanol–water partition coefficient (Wildman–Crippen LogP) is 4.37. The van der Waals surface area contributed by atoms with E-state index >= 15 is 0 Å². The van der Waals surface area contributed by atoms with Crippen LogP contribution in [0.4, 0.5) is 21.3 Å². The molecule has 0 aliphatic rings. The number of fused-ring (bicyclic) bond motifs is 1. The lowest BCUT2D eigenvalue weighted by Gasteiger charge is -2.11. The van der Waals surface area contributed by atoms with Crippen LogP contribution in [0.2, 0.25) is 5.02 Å². The summed E-state index contributed by atoms with van der Waals surface area (Å²) in [5.74, 6) is -0.0366. The molecule has 8 heteroatoms. The van der Waals surface area contributed by atoms with Crippen molar-refractivity contribution < 1.29 is 9.90 Å². The molecule has 0 saturated carbocycles. The van der Waals surface area contributed by atoms with Crippen molar-refractivity contribution in [3.8, 4) is 5.75 Å². The Bertz CT molecular complexity index is 910. The van der Waals surface area contributed by atoms with Crippen LogP contribution in [0, 0.1) is 0 Å². The minimum atomic E-state index is -0.427. The number of aromatic hydroxyl groups is 1. The molecule has 0 fully saturated rings. The predicted molar refractivity (Wildman–Crippen MR) is 99.7 cm³/mol. The van der Waals surface area contributed by atoms with Gasteiger partial charge in [0.1, 0.15) is 5.75 Å². The van der Waals surface area contributed by atoms with E-state index in [-0.39, 0.29) is 10.8 Å². The number of halogens is 1. The molecule has 0 saturated heterocycles. The number of anilines is 3. The third kappa shape index (κ3) is 3.52. The summed E-state index contributed by atoms with van der Waals surface area (Å²) in [6.45, 7) is 0. The standard InChI is InChI=1S/C16H15ClN4O2S/c1-21(2)10-4-5-12-14(8-10)24-16(19-12)20-15(23)18-9-3-6-13(22)11(17)7-9/h3-8,22H,1-2H3,(H2,18,19,20,23). The van der Waals surface area contributed by atoms with Gasteiger partial charge in [0, 0.05) is 25.5 Å². The molecule has 0 unspecified atom stereocenters. The third-order valence-corrected chi connectivity index (χ3v) is 4.55. The molecule has 2 amide bonds. The second-order valence-corrected chi connectivity index (χ2v) is 6.75. The minimum absolute atomic E-state index is 0.0366. The van der Waals surface area contributed by atoms with Gasteiger partial charge in [-0.25, -0.2) is 9.78 Å². The number of carbonyl (C=O) groups is 1. The number of phenols is 1. The number of thiazole rings is 1. The fourth-order valence-electron chi connectivity index (χ4n) is 2.09. The monoisotopic (exact) mass is 362 g/mol. The lowest BCUT2D eigenvalue weighted by atomic mass is 10.3. The Morgan fingerprint density at radius 3 is 2.71 bits per heavy atom. The summed E-state index contributed by atoms with van der Waals surface area (Å²) in [4.78, 5) is 18.5.